The summed E-state index contributed by atoms with van der Waals surface area (Å²) in [5.74, 6) is 1.49. The van der Waals surface area contributed by atoms with E-state index < -0.39 is 0 Å². The van der Waals surface area contributed by atoms with E-state index in [-0.39, 0.29) is 24.0 Å². The number of halogens is 2. The standard InChI is InChI=1S/C16H20ClN5O.HI/c1-18-16(20-8-6-13-4-5-15(17)22-11-13)21-9-10-23-14-3-2-7-19-12-14;/h2-5,7,11-12H,6,8-10H2,1H3,(H2,18,20,21);1H. The van der Waals surface area contributed by atoms with Gasteiger partial charge in [-0.2, -0.15) is 0 Å². The van der Waals surface area contributed by atoms with Gasteiger partial charge in [0, 0.05) is 26.0 Å². The van der Waals surface area contributed by atoms with Crippen molar-refractivity contribution in [3.8, 4) is 5.75 Å². The van der Waals surface area contributed by atoms with Gasteiger partial charge < -0.3 is 15.4 Å². The van der Waals surface area contributed by atoms with Crippen LogP contribution >= 0.6 is 35.6 Å². The summed E-state index contributed by atoms with van der Waals surface area (Å²) in [5.41, 5.74) is 1.12. The van der Waals surface area contributed by atoms with Crippen molar-refractivity contribution in [2.24, 2.45) is 4.99 Å². The van der Waals surface area contributed by atoms with Crippen molar-refractivity contribution in [1.29, 1.82) is 0 Å². The molecule has 6 nitrogen and oxygen atoms in total. The molecule has 0 saturated heterocycles. The lowest BCUT2D eigenvalue weighted by Crippen LogP contribution is -2.40. The van der Waals surface area contributed by atoms with Crippen LogP contribution in [0.4, 0.5) is 0 Å². The van der Waals surface area contributed by atoms with E-state index in [9.17, 15) is 0 Å². The van der Waals surface area contributed by atoms with Crippen molar-refractivity contribution in [2.75, 3.05) is 26.7 Å². The van der Waals surface area contributed by atoms with Gasteiger partial charge in [0.25, 0.3) is 0 Å². The highest BCUT2D eigenvalue weighted by Gasteiger charge is 1.99. The maximum atomic E-state index is 5.76. The van der Waals surface area contributed by atoms with E-state index in [1.165, 1.54) is 0 Å². The number of ether oxygens (including phenoxy) is 1. The fourth-order valence-corrected chi connectivity index (χ4v) is 1.98. The first kappa shape index (κ1) is 20.4. The van der Waals surface area contributed by atoms with Crippen LogP contribution in [-0.2, 0) is 6.42 Å². The van der Waals surface area contributed by atoms with Crippen LogP contribution in [0.2, 0.25) is 5.15 Å². The number of nitrogens with zero attached hydrogens (tertiary/aromatic N) is 3. The molecule has 0 aliphatic rings. The molecule has 0 spiro atoms. The highest BCUT2D eigenvalue weighted by molar-refractivity contribution is 14.0. The molecule has 0 radical (unpaired) electrons. The molecule has 0 atom stereocenters. The summed E-state index contributed by atoms with van der Waals surface area (Å²) in [7, 11) is 1.74. The van der Waals surface area contributed by atoms with Gasteiger partial charge in [0.2, 0.25) is 0 Å². The maximum absolute atomic E-state index is 5.76. The molecule has 0 bridgehead atoms. The third-order valence-electron chi connectivity index (χ3n) is 3.02. The Morgan fingerprint density at radius 2 is 2.04 bits per heavy atom. The maximum Gasteiger partial charge on any atom is 0.191 e. The number of guanidine groups is 1. The molecule has 0 aliphatic heterocycles. The molecule has 2 rings (SSSR count). The largest absolute Gasteiger partial charge is 0.490 e. The molecule has 24 heavy (non-hydrogen) atoms. The minimum atomic E-state index is 0. The third-order valence-corrected chi connectivity index (χ3v) is 3.24. The van der Waals surface area contributed by atoms with Gasteiger partial charge in [0.05, 0.1) is 12.7 Å². The Morgan fingerprint density at radius 3 is 2.71 bits per heavy atom. The van der Waals surface area contributed by atoms with Crippen LogP contribution in [0.3, 0.4) is 0 Å². The monoisotopic (exact) mass is 461 g/mol. The highest BCUT2D eigenvalue weighted by atomic mass is 127. The van der Waals surface area contributed by atoms with Crippen LogP contribution in [0.5, 0.6) is 5.75 Å². The van der Waals surface area contributed by atoms with Gasteiger partial charge in [0.15, 0.2) is 5.96 Å². The molecule has 2 heterocycles. The Labute approximate surface area is 164 Å². The van der Waals surface area contributed by atoms with Gasteiger partial charge in [0.1, 0.15) is 17.5 Å². The van der Waals surface area contributed by atoms with Crippen molar-refractivity contribution in [3.05, 3.63) is 53.6 Å². The van der Waals surface area contributed by atoms with Crippen LogP contribution in [0.15, 0.2) is 47.8 Å². The van der Waals surface area contributed by atoms with Gasteiger partial charge in [-0.3, -0.25) is 9.98 Å². The molecule has 0 unspecified atom stereocenters. The minimum Gasteiger partial charge on any atom is -0.490 e. The molecule has 2 aromatic heterocycles. The average molecular weight is 462 g/mol. The van der Waals surface area contributed by atoms with Crippen molar-refractivity contribution in [1.82, 2.24) is 20.6 Å². The number of aromatic nitrogens is 2. The van der Waals surface area contributed by atoms with Gasteiger partial charge in [-0.15, -0.1) is 24.0 Å². The smallest absolute Gasteiger partial charge is 0.191 e. The van der Waals surface area contributed by atoms with Crippen LogP contribution in [-0.4, -0.2) is 42.7 Å². The predicted octanol–water partition coefficient (Wildman–Crippen LogP) is 2.53. The topological polar surface area (TPSA) is 71.4 Å². The zero-order chi connectivity index (χ0) is 16.3. The molecule has 2 N–H and O–H groups in total. The van der Waals surface area contributed by atoms with Gasteiger partial charge in [-0.25, -0.2) is 4.98 Å². The lowest BCUT2D eigenvalue weighted by molar-refractivity contribution is 0.320. The summed E-state index contributed by atoms with van der Waals surface area (Å²) in [6.07, 6.45) is 6.03. The van der Waals surface area contributed by atoms with Crippen molar-refractivity contribution in [2.45, 2.75) is 6.42 Å². The summed E-state index contributed by atoms with van der Waals surface area (Å²) in [5, 5.41) is 6.94. The molecule has 130 valence electrons. The molecule has 0 aliphatic carbocycles. The second kappa shape index (κ2) is 11.9. The van der Waals surface area contributed by atoms with Gasteiger partial charge in [-0.1, -0.05) is 17.7 Å². The molecule has 0 fully saturated rings. The number of aliphatic imine (C=N–C) groups is 1. The lowest BCUT2D eigenvalue weighted by atomic mass is 10.2. The van der Waals surface area contributed by atoms with E-state index >= 15 is 0 Å². The second-order valence-electron chi connectivity index (χ2n) is 4.70. The van der Waals surface area contributed by atoms with E-state index in [1.807, 2.05) is 18.2 Å². The zero-order valence-corrected chi connectivity index (χ0v) is 16.5. The first-order chi connectivity index (χ1) is 11.3. The van der Waals surface area contributed by atoms with E-state index in [0.717, 1.165) is 30.2 Å². The molecule has 2 aromatic rings. The fourth-order valence-electron chi connectivity index (χ4n) is 1.87. The van der Waals surface area contributed by atoms with Crippen LogP contribution in [0.25, 0.3) is 0 Å². The summed E-state index contributed by atoms with van der Waals surface area (Å²) >= 11 is 5.76. The van der Waals surface area contributed by atoms with E-state index in [2.05, 4.69) is 25.6 Å². The average Bonchev–Trinajstić information content (AvgIpc) is 2.59. The molecule has 0 amide bonds. The SMILES string of the molecule is CN=C(NCCOc1cccnc1)NCCc1ccc(Cl)nc1.I. The zero-order valence-electron chi connectivity index (χ0n) is 13.4. The van der Waals surface area contributed by atoms with Gasteiger partial charge in [-0.05, 0) is 30.2 Å². The first-order valence-corrected chi connectivity index (χ1v) is 7.73. The summed E-state index contributed by atoms with van der Waals surface area (Å²) in [6.45, 7) is 1.94. The molecule has 8 heteroatoms. The molecule has 0 aromatic carbocycles. The van der Waals surface area contributed by atoms with Crippen LogP contribution in [0.1, 0.15) is 5.56 Å². The van der Waals surface area contributed by atoms with Crippen LogP contribution in [0, 0.1) is 0 Å². The number of rotatable bonds is 7. The van der Waals surface area contributed by atoms with E-state index in [0.29, 0.717) is 18.3 Å². The Balaban J connectivity index is 0.00000288. The number of hydrogen-bond acceptors (Lipinski definition) is 4. The van der Waals surface area contributed by atoms with E-state index in [4.69, 9.17) is 16.3 Å². The quantitative estimate of drug-likeness (QED) is 0.218. The summed E-state index contributed by atoms with van der Waals surface area (Å²) in [4.78, 5) is 12.2. The Morgan fingerprint density at radius 1 is 1.21 bits per heavy atom. The fraction of sp³-hybridized carbons (Fsp3) is 0.312. The Kier molecular flexibility index (Phi) is 10.1. The molecular formula is C16H21ClIN5O. The minimum absolute atomic E-state index is 0. The number of nitrogens with one attached hydrogen (secondary N) is 2. The van der Waals surface area contributed by atoms with Crippen molar-refractivity contribution >= 4 is 41.5 Å². The van der Waals surface area contributed by atoms with Crippen molar-refractivity contribution in [3.63, 3.8) is 0 Å². The summed E-state index contributed by atoms with van der Waals surface area (Å²) in [6, 6.07) is 7.48. The predicted molar refractivity (Wildman–Crippen MR) is 107 cm³/mol. The normalized spacial score (nSPS) is 10.7. The molecule has 0 saturated carbocycles. The lowest BCUT2D eigenvalue weighted by Gasteiger charge is -2.12. The number of pyridine rings is 2. The van der Waals surface area contributed by atoms with Crippen molar-refractivity contribution < 1.29 is 4.74 Å². The Hall–Kier alpha value is -1.61. The highest BCUT2D eigenvalue weighted by Crippen LogP contribution is 2.05. The van der Waals surface area contributed by atoms with Gasteiger partial charge >= 0.3 is 0 Å². The third kappa shape index (κ3) is 7.78. The number of hydrogen-bond donors (Lipinski definition) is 2. The first-order valence-electron chi connectivity index (χ1n) is 7.35. The second-order valence-corrected chi connectivity index (χ2v) is 5.09. The van der Waals surface area contributed by atoms with E-state index in [1.54, 1.807) is 31.7 Å². The van der Waals surface area contributed by atoms with Crippen LogP contribution < -0.4 is 15.4 Å². The Bertz CT molecular complexity index is 610. The summed E-state index contributed by atoms with van der Waals surface area (Å²) < 4.78 is 5.56. The molecular weight excluding hydrogens is 441 g/mol.